The lowest BCUT2D eigenvalue weighted by Crippen LogP contribution is -2.19. The van der Waals surface area contributed by atoms with E-state index in [9.17, 15) is 0 Å². The molecule has 3 heteroatoms. The molecular weight excluding hydrogens is 326 g/mol. The van der Waals surface area contributed by atoms with Crippen molar-refractivity contribution in [1.29, 1.82) is 0 Å². The molecule has 0 saturated heterocycles. The van der Waals surface area contributed by atoms with Gasteiger partial charge < -0.3 is 10.5 Å². The van der Waals surface area contributed by atoms with Gasteiger partial charge in [-0.1, -0.05) is 45.8 Å². The van der Waals surface area contributed by atoms with Gasteiger partial charge in [0.2, 0.25) is 0 Å². The first kappa shape index (κ1) is 16.1. The lowest BCUT2D eigenvalue weighted by atomic mass is 9.91. The van der Waals surface area contributed by atoms with Crippen LogP contribution in [0.15, 0.2) is 46.9 Å². The number of nitrogens with two attached hydrogens (primary N) is 1. The van der Waals surface area contributed by atoms with Crippen molar-refractivity contribution in [3.63, 3.8) is 0 Å². The molecule has 0 aromatic heterocycles. The molecule has 0 aliphatic carbocycles. The van der Waals surface area contributed by atoms with Gasteiger partial charge >= 0.3 is 0 Å². The SMILES string of the molecule is COc1ccc(C)cc1CC(CN)Cc1cccc(Br)c1. The zero-order chi connectivity index (χ0) is 15.2. The van der Waals surface area contributed by atoms with Crippen LogP contribution >= 0.6 is 15.9 Å². The average Bonchev–Trinajstić information content (AvgIpc) is 2.47. The molecule has 0 amide bonds. The van der Waals surface area contributed by atoms with Crippen LogP contribution in [-0.2, 0) is 12.8 Å². The Morgan fingerprint density at radius 2 is 1.95 bits per heavy atom. The molecule has 112 valence electrons. The first-order valence-corrected chi connectivity index (χ1v) is 7.99. The Kier molecular flexibility index (Phi) is 5.83. The van der Waals surface area contributed by atoms with Crippen LogP contribution in [-0.4, -0.2) is 13.7 Å². The topological polar surface area (TPSA) is 35.2 Å². The van der Waals surface area contributed by atoms with E-state index in [1.807, 2.05) is 12.1 Å². The fourth-order valence-corrected chi connectivity index (χ4v) is 3.06. The summed E-state index contributed by atoms with van der Waals surface area (Å²) in [6, 6.07) is 14.7. The molecule has 0 spiro atoms. The molecule has 2 aromatic carbocycles. The molecule has 1 unspecified atom stereocenters. The number of hydrogen-bond acceptors (Lipinski definition) is 2. The molecule has 2 rings (SSSR count). The van der Waals surface area contributed by atoms with Gasteiger partial charge in [0.1, 0.15) is 5.75 Å². The quantitative estimate of drug-likeness (QED) is 0.852. The highest BCUT2D eigenvalue weighted by atomic mass is 79.9. The summed E-state index contributed by atoms with van der Waals surface area (Å²) in [6.07, 6.45) is 1.92. The Balaban J connectivity index is 2.14. The second-order valence-electron chi connectivity index (χ2n) is 5.46. The standard InChI is InChI=1S/C18H22BrNO/c1-13-6-7-18(21-2)16(8-13)10-15(12-20)9-14-4-3-5-17(19)11-14/h3-8,11,15H,9-10,12,20H2,1-2H3. The van der Waals surface area contributed by atoms with Gasteiger partial charge in [0, 0.05) is 4.47 Å². The summed E-state index contributed by atoms with van der Waals surface area (Å²) in [7, 11) is 1.72. The molecule has 0 heterocycles. The van der Waals surface area contributed by atoms with Crippen molar-refractivity contribution in [3.05, 3.63) is 63.6 Å². The molecular formula is C18H22BrNO. The van der Waals surface area contributed by atoms with Gasteiger partial charge in [-0.2, -0.15) is 0 Å². The maximum Gasteiger partial charge on any atom is 0.122 e. The van der Waals surface area contributed by atoms with Gasteiger partial charge in [-0.3, -0.25) is 0 Å². The molecule has 2 N–H and O–H groups in total. The Bertz CT molecular complexity index is 598. The fourth-order valence-electron chi connectivity index (χ4n) is 2.61. The minimum Gasteiger partial charge on any atom is -0.496 e. The Hall–Kier alpha value is -1.32. The van der Waals surface area contributed by atoms with Crippen LogP contribution in [0.25, 0.3) is 0 Å². The molecule has 0 fully saturated rings. The molecule has 0 bridgehead atoms. The Morgan fingerprint density at radius 1 is 1.14 bits per heavy atom. The first-order chi connectivity index (χ1) is 10.1. The van der Waals surface area contributed by atoms with Crippen LogP contribution in [0.1, 0.15) is 16.7 Å². The van der Waals surface area contributed by atoms with Crippen LogP contribution in [0.2, 0.25) is 0 Å². The Morgan fingerprint density at radius 3 is 2.62 bits per heavy atom. The summed E-state index contributed by atoms with van der Waals surface area (Å²) >= 11 is 3.52. The Labute approximate surface area is 135 Å². The van der Waals surface area contributed by atoms with Crippen molar-refractivity contribution >= 4 is 15.9 Å². The number of benzene rings is 2. The summed E-state index contributed by atoms with van der Waals surface area (Å²) in [5, 5.41) is 0. The van der Waals surface area contributed by atoms with E-state index in [1.54, 1.807) is 7.11 Å². The first-order valence-electron chi connectivity index (χ1n) is 7.20. The van der Waals surface area contributed by atoms with Crippen molar-refractivity contribution in [2.75, 3.05) is 13.7 Å². The van der Waals surface area contributed by atoms with Gasteiger partial charge in [0.25, 0.3) is 0 Å². The molecule has 0 aliphatic heterocycles. The highest BCUT2D eigenvalue weighted by molar-refractivity contribution is 9.10. The summed E-state index contributed by atoms with van der Waals surface area (Å²) < 4.78 is 6.58. The maximum atomic E-state index is 5.98. The molecule has 0 aliphatic rings. The molecule has 2 nitrogen and oxygen atoms in total. The maximum absolute atomic E-state index is 5.98. The van der Waals surface area contributed by atoms with E-state index in [0.717, 1.165) is 23.1 Å². The zero-order valence-electron chi connectivity index (χ0n) is 12.6. The third-order valence-corrected chi connectivity index (χ3v) is 4.18. The van der Waals surface area contributed by atoms with E-state index in [2.05, 4.69) is 53.2 Å². The van der Waals surface area contributed by atoms with E-state index in [4.69, 9.17) is 10.5 Å². The van der Waals surface area contributed by atoms with Crippen molar-refractivity contribution in [1.82, 2.24) is 0 Å². The van der Waals surface area contributed by atoms with E-state index in [-0.39, 0.29) is 0 Å². The van der Waals surface area contributed by atoms with Crippen molar-refractivity contribution in [2.45, 2.75) is 19.8 Å². The predicted octanol–water partition coefficient (Wildman–Crippen LogP) is 4.13. The monoisotopic (exact) mass is 347 g/mol. The second kappa shape index (κ2) is 7.62. The fraction of sp³-hybridized carbons (Fsp3) is 0.333. The number of halogens is 1. The second-order valence-corrected chi connectivity index (χ2v) is 6.37. The van der Waals surface area contributed by atoms with Gasteiger partial charge in [-0.05, 0) is 61.6 Å². The summed E-state index contributed by atoms with van der Waals surface area (Å²) in [5.41, 5.74) is 9.79. The smallest absolute Gasteiger partial charge is 0.122 e. The average molecular weight is 348 g/mol. The number of rotatable bonds is 6. The van der Waals surface area contributed by atoms with E-state index in [1.165, 1.54) is 16.7 Å². The minimum absolute atomic E-state index is 0.412. The van der Waals surface area contributed by atoms with Crippen molar-refractivity contribution in [3.8, 4) is 5.75 Å². The molecule has 21 heavy (non-hydrogen) atoms. The number of hydrogen-bond donors (Lipinski definition) is 1. The van der Waals surface area contributed by atoms with Crippen LogP contribution in [0, 0.1) is 12.8 Å². The van der Waals surface area contributed by atoms with E-state index < -0.39 is 0 Å². The lowest BCUT2D eigenvalue weighted by molar-refractivity contribution is 0.403. The van der Waals surface area contributed by atoms with Crippen molar-refractivity contribution < 1.29 is 4.74 Å². The third kappa shape index (κ3) is 4.58. The van der Waals surface area contributed by atoms with E-state index in [0.29, 0.717) is 12.5 Å². The van der Waals surface area contributed by atoms with Crippen LogP contribution in [0.4, 0.5) is 0 Å². The normalized spacial score (nSPS) is 12.2. The third-order valence-electron chi connectivity index (χ3n) is 3.69. The van der Waals surface area contributed by atoms with Gasteiger partial charge in [-0.15, -0.1) is 0 Å². The largest absolute Gasteiger partial charge is 0.496 e. The number of ether oxygens (including phenoxy) is 1. The van der Waals surface area contributed by atoms with Crippen LogP contribution < -0.4 is 10.5 Å². The summed E-state index contributed by atoms with van der Waals surface area (Å²) in [5.74, 6) is 1.36. The summed E-state index contributed by atoms with van der Waals surface area (Å²) in [6.45, 7) is 2.78. The molecule has 2 aromatic rings. The highest BCUT2D eigenvalue weighted by Gasteiger charge is 2.13. The van der Waals surface area contributed by atoms with Crippen LogP contribution in [0.3, 0.4) is 0 Å². The van der Waals surface area contributed by atoms with E-state index >= 15 is 0 Å². The van der Waals surface area contributed by atoms with Crippen LogP contribution in [0.5, 0.6) is 5.75 Å². The highest BCUT2D eigenvalue weighted by Crippen LogP contribution is 2.24. The zero-order valence-corrected chi connectivity index (χ0v) is 14.2. The number of aryl methyl sites for hydroxylation is 1. The van der Waals surface area contributed by atoms with Crippen molar-refractivity contribution in [2.24, 2.45) is 11.7 Å². The number of methoxy groups -OCH3 is 1. The lowest BCUT2D eigenvalue weighted by Gasteiger charge is -2.17. The molecule has 0 saturated carbocycles. The summed E-state index contributed by atoms with van der Waals surface area (Å²) in [4.78, 5) is 0. The van der Waals surface area contributed by atoms with Gasteiger partial charge in [0.05, 0.1) is 7.11 Å². The van der Waals surface area contributed by atoms with Gasteiger partial charge in [-0.25, -0.2) is 0 Å². The molecule has 1 atom stereocenters. The van der Waals surface area contributed by atoms with Gasteiger partial charge in [0.15, 0.2) is 0 Å². The predicted molar refractivity (Wildman–Crippen MR) is 91.8 cm³/mol. The minimum atomic E-state index is 0.412. The molecule has 0 radical (unpaired) electrons.